The van der Waals surface area contributed by atoms with E-state index in [1.807, 2.05) is 37.1 Å². The van der Waals surface area contributed by atoms with Crippen LogP contribution in [0, 0.1) is 17.2 Å². The third kappa shape index (κ3) is 3.12. The van der Waals surface area contributed by atoms with Gasteiger partial charge in [0.25, 0.3) is 0 Å². The molecule has 4 heteroatoms. The molecule has 2 rings (SSSR count). The topological polar surface area (TPSA) is 56.1 Å². The van der Waals surface area contributed by atoms with E-state index < -0.39 is 0 Å². The second kappa shape index (κ2) is 5.85. The molecule has 0 radical (unpaired) electrons. The molecule has 1 aromatic carbocycles. The first-order valence-corrected chi connectivity index (χ1v) is 6.60. The van der Waals surface area contributed by atoms with Crippen molar-refractivity contribution in [2.45, 2.75) is 25.8 Å². The Labute approximate surface area is 114 Å². The standard InChI is InChI=1S/C15H19N3O/c1-11(9-16)10-18(2)14-8-7-12-5-3-4-6-13(12)17-15(14)19/h3-6,11,14H,7-8,10H2,1-2H3,(H,17,19). The molecule has 2 unspecified atom stereocenters. The second-order valence-corrected chi connectivity index (χ2v) is 5.17. The molecular weight excluding hydrogens is 238 g/mol. The highest BCUT2D eigenvalue weighted by molar-refractivity contribution is 5.96. The Bertz CT molecular complexity index is 506. The van der Waals surface area contributed by atoms with Crippen molar-refractivity contribution in [1.82, 2.24) is 4.90 Å². The van der Waals surface area contributed by atoms with E-state index in [0.29, 0.717) is 6.54 Å². The number of carbonyl (C=O) groups excluding carboxylic acids is 1. The van der Waals surface area contributed by atoms with Crippen LogP contribution < -0.4 is 5.32 Å². The average molecular weight is 257 g/mol. The molecule has 1 aliphatic heterocycles. The number of benzene rings is 1. The third-order valence-corrected chi connectivity index (χ3v) is 3.58. The van der Waals surface area contributed by atoms with E-state index in [4.69, 9.17) is 5.26 Å². The Morgan fingerprint density at radius 1 is 1.53 bits per heavy atom. The molecule has 1 aromatic rings. The lowest BCUT2D eigenvalue weighted by Gasteiger charge is -2.26. The number of fused-ring (bicyclic) bond motifs is 1. The van der Waals surface area contributed by atoms with E-state index >= 15 is 0 Å². The van der Waals surface area contributed by atoms with Gasteiger partial charge in [-0.15, -0.1) is 0 Å². The third-order valence-electron chi connectivity index (χ3n) is 3.58. The molecule has 2 atom stereocenters. The maximum Gasteiger partial charge on any atom is 0.241 e. The smallest absolute Gasteiger partial charge is 0.241 e. The normalized spacial score (nSPS) is 20.1. The van der Waals surface area contributed by atoms with Crippen LogP contribution in [0.25, 0.3) is 0 Å². The van der Waals surface area contributed by atoms with Crippen LogP contribution in [0.3, 0.4) is 0 Å². The molecule has 1 aliphatic rings. The number of aryl methyl sites for hydroxylation is 1. The van der Waals surface area contributed by atoms with E-state index in [-0.39, 0.29) is 17.9 Å². The highest BCUT2D eigenvalue weighted by atomic mass is 16.2. The molecule has 19 heavy (non-hydrogen) atoms. The molecule has 0 aliphatic carbocycles. The van der Waals surface area contributed by atoms with Crippen LogP contribution >= 0.6 is 0 Å². The predicted molar refractivity (Wildman–Crippen MR) is 74.6 cm³/mol. The van der Waals surface area contributed by atoms with Gasteiger partial charge in [0.1, 0.15) is 0 Å². The van der Waals surface area contributed by atoms with Crippen molar-refractivity contribution in [2.75, 3.05) is 18.9 Å². The van der Waals surface area contributed by atoms with E-state index in [9.17, 15) is 4.79 Å². The minimum atomic E-state index is -0.164. The largest absolute Gasteiger partial charge is 0.324 e. The van der Waals surface area contributed by atoms with Gasteiger partial charge < -0.3 is 5.32 Å². The summed E-state index contributed by atoms with van der Waals surface area (Å²) in [5.41, 5.74) is 2.09. The van der Waals surface area contributed by atoms with Gasteiger partial charge in [0.15, 0.2) is 0 Å². The first-order chi connectivity index (χ1) is 9.11. The van der Waals surface area contributed by atoms with Gasteiger partial charge in [-0.3, -0.25) is 9.69 Å². The summed E-state index contributed by atoms with van der Waals surface area (Å²) < 4.78 is 0. The number of hydrogen-bond donors (Lipinski definition) is 1. The number of rotatable bonds is 3. The molecule has 1 heterocycles. The summed E-state index contributed by atoms with van der Waals surface area (Å²) in [6.45, 7) is 2.49. The number of nitriles is 1. The number of amides is 1. The monoisotopic (exact) mass is 257 g/mol. The quantitative estimate of drug-likeness (QED) is 0.901. The van der Waals surface area contributed by atoms with Crippen LogP contribution in [0.2, 0.25) is 0 Å². The highest BCUT2D eigenvalue weighted by Crippen LogP contribution is 2.23. The van der Waals surface area contributed by atoms with Gasteiger partial charge >= 0.3 is 0 Å². The van der Waals surface area contributed by atoms with Crippen molar-refractivity contribution >= 4 is 11.6 Å². The Kier molecular flexibility index (Phi) is 4.18. The lowest BCUT2D eigenvalue weighted by Crippen LogP contribution is -2.43. The van der Waals surface area contributed by atoms with Gasteiger partial charge in [0.05, 0.1) is 18.0 Å². The van der Waals surface area contributed by atoms with Crippen LogP contribution in [-0.2, 0) is 11.2 Å². The van der Waals surface area contributed by atoms with Gasteiger partial charge in [-0.2, -0.15) is 5.26 Å². The summed E-state index contributed by atoms with van der Waals surface area (Å²) in [6.07, 6.45) is 1.67. The van der Waals surface area contributed by atoms with Crippen LogP contribution in [0.15, 0.2) is 24.3 Å². The molecule has 1 N–H and O–H groups in total. The maximum atomic E-state index is 12.3. The van der Waals surface area contributed by atoms with Gasteiger partial charge in [0.2, 0.25) is 5.91 Å². The van der Waals surface area contributed by atoms with Crippen molar-refractivity contribution in [3.05, 3.63) is 29.8 Å². The summed E-state index contributed by atoms with van der Waals surface area (Å²) in [6, 6.07) is 9.96. The number of nitrogens with one attached hydrogen (secondary N) is 1. The molecule has 100 valence electrons. The molecule has 0 aromatic heterocycles. The zero-order valence-corrected chi connectivity index (χ0v) is 11.4. The summed E-state index contributed by atoms with van der Waals surface area (Å²) >= 11 is 0. The molecule has 0 spiro atoms. The van der Waals surface area contributed by atoms with Crippen molar-refractivity contribution in [3.8, 4) is 6.07 Å². The molecule has 4 nitrogen and oxygen atoms in total. The first kappa shape index (κ1) is 13.6. The molecule has 0 saturated heterocycles. The average Bonchev–Trinajstić information content (AvgIpc) is 2.56. The minimum absolute atomic E-state index is 0.0255. The number of anilines is 1. The number of likely N-dealkylation sites (N-methyl/N-ethyl adjacent to an activating group) is 1. The van der Waals surface area contributed by atoms with Crippen LogP contribution in [0.1, 0.15) is 18.9 Å². The van der Waals surface area contributed by atoms with Gasteiger partial charge in [-0.25, -0.2) is 0 Å². The Balaban J connectivity index is 2.10. The molecule has 0 bridgehead atoms. The zero-order chi connectivity index (χ0) is 13.8. The lowest BCUT2D eigenvalue weighted by molar-refractivity contribution is -0.121. The Morgan fingerprint density at radius 3 is 3.00 bits per heavy atom. The summed E-state index contributed by atoms with van der Waals surface area (Å²) in [7, 11) is 1.91. The fourth-order valence-corrected chi connectivity index (χ4v) is 2.52. The SMILES string of the molecule is CC(C#N)CN(C)C1CCc2ccccc2NC1=O. The van der Waals surface area contributed by atoms with Gasteiger partial charge in [0, 0.05) is 12.2 Å². The van der Waals surface area contributed by atoms with Crippen molar-refractivity contribution in [2.24, 2.45) is 5.92 Å². The predicted octanol–water partition coefficient (Wildman–Crippen LogP) is 2.03. The fraction of sp³-hybridized carbons (Fsp3) is 0.467. The second-order valence-electron chi connectivity index (χ2n) is 5.17. The molecule has 1 amide bonds. The van der Waals surface area contributed by atoms with Crippen molar-refractivity contribution in [3.63, 3.8) is 0 Å². The molecule has 0 saturated carbocycles. The van der Waals surface area contributed by atoms with Crippen LogP contribution in [0.5, 0.6) is 0 Å². The van der Waals surface area contributed by atoms with Crippen LogP contribution in [-0.4, -0.2) is 30.4 Å². The fourth-order valence-electron chi connectivity index (χ4n) is 2.52. The van der Waals surface area contributed by atoms with Gasteiger partial charge in [-0.05, 0) is 38.4 Å². The number of para-hydroxylation sites is 1. The lowest BCUT2D eigenvalue weighted by atomic mass is 10.0. The number of hydrogen-bond acceptors (Lipinski definition) is 3. The minimum Gasteiger partial charge on any atom is -0.324 e. The van der Waals surface area contributed by atoms with E-state index in [1.165, 1.54) is 5.56 Å². The first-order valence-electron chi connectivity index (χ1n) is 6.60. The summed E-state index contributed by atoms with van der Waals surface area (Å²) in [5, 5.41) is 11.8. The van der Waals surface area contributed by atoms with E-state index in [1.54, 1.807) is 0 Å². The van der Waals surface area contributed by atoms with Crippen molar-refractivity contribution in [1.29, 1.82) is 5.26 Å². The molecular formula is C15H19N3O. The van der Waals surface area contributed by atoms with Gasteiger partial charge in [-0.1, -0.05) is 18.2 Å². The van der Waals surface area contributed by atoms with Crippen molar-refractivity contribution < 1.29 is 4.79 Å². The van der Waals surface area contributed by atoms with Crippen LogP contribution in [0.4, 0.5) is 5.69 Å². The Hall–Kier alpha value is -1.86. The highest BCUT2D eigenvalue weighted by Gasteiger charge is 2.27. The summed E-state index contributed by atoms with van der Waals surface area (Å²) in [5.74, 6) is -0.0407. The zero-order valence-electron chi connectivity index (χ0n) is 11.4. The summed E-state index contributed by atoms with van der Waals surface area (Å²) in [4.78, 5) is 14.2. The van der Waals surface area contributed by atoms with E-state index in [0.717, 1.165) is 18.5 Å². The molecule has 0 fully saturated rings. The Morgan fingerprint density at radius 2 is 2.26 bits per heavy atom. The number of carbonyl (C=O) groups is 1. The maximum absolute atomic E-state index is 12.3. The number of nitrogens with zero attached hydrogens (tertiary/aromatic N) is 2. The van der Waals surface area contributed by atoms with E-state index in [2.05, 4.69) is 17.5 Å².